The highest BCUT2D eigenvalue weighted by atomic mass is 35.5. The van der Waals surface area contributed by atoms with Crippen molar-refractivity contribution in [2.24, 2.45) is 0 Å². The minimum Gasteiger partial charge on any atom is -0.478 e. The van der Waals surface area contributed by atoms with Gasteiger partial charge in [0.15, 0.2) is 0 Å². The van der Waals surface area contributed by atoms with Crippen LogP contribution in [0.2, 0.25) is 10.2 Å². The van der Waals surface area contributed by atoms with Gasteiger partial charge in [-0.05, 0) is 29.8 Å². The number of pyridine rings is 1. The van der Waals surface area contributed by atoms with Gasteiger partial charge in [0.25, 0.3) is 5.91 Å². The van der Waals surface area contributed by atoms with E-state index in [1.165, 1.54) is 24.3 Å². The number of carboxylic acids is 1. The van der Waals surface area contributed by atoms with Crippen molar-refractivity contribution in [1.82, 2.24) is 10.3 Å². The fourth-order valence-electron chi connectivity index (χ4n) is 1.66. The van der Waals surface area contributed by atoms with Crippen LogP contribution in [-0.2, 0) is 6.54 Å². The number of hydrogen-bond donors (Lipinski definition) is 2. The van der Waals surface area contributed by atoms with Gasteiger partial charge in [-0.2, -0.15) is 0 Å². The molecule has 2 rings (SSSR count). The van der Waals surface area contributed by atoms with Crippen LogP contribution < -0.4 is 5.32 Å². The van der Waals surface area contributed by atoms with E-state index in [0.29, 0.717) is 5.56 Å². The van der Waals surface area contributed by atoms with Crippen LogP contribution in [0.25, 0.3) is 0 Å². The molecule has 0 aliphatic rings. The number of benzene rings is 1. The summed E-state index contributed by atoms with van der Waals surface area (Å²) in [5, 5.41) is 11.9. The maximum absolute atomic E-state index is 12.0. The molecule has 2 N–H and O–H groups in total. The molecular weight excluding hydrogens is 315 g/mol. The van der Waals surface area contributed by atoms with E-state index in [2.05, 4.69) is 10.3 Å². The van der Waals surface area contributed by atoms with Gasteiger partial charge in [0.05, 0.1) is 10.6 Å². The van der Waals surface area contributed by atoms with Crippen molar-refractivity contribution in [3.8, 4) is 0 Å². The third kappa shape index (κ3) is 3.93. The first-order chi connectivity index (χ1) is 9.97. The summed E-state index contributed by atoms with van der Waals surface area (Å²) < 4.78 is 0. The molecule has 0 aliphatic carbocycles. The monoisotopic (exact) mass is 324 g/mol. The number of carbonyl (C=O) groups is 2. The molecule has 7 heteroatoms. The molecule has 108 valence electrons. The molecule has 0 atom stereocenters. The van der Waals surface area contributed by atoms with Crippen molar-refractivity contribution in [2.75, 3.05) is 0 Å². The first-order valence-electron chi connectivity index (χ1n) is 5.90. The molecule has 2 aromatic rings. The summed E-state index contributed by atoms with van der Waals surface area (Å²) in [5.41, 5.74) is 0.834. The van der Waals surface area contributed by atoms with E-state index in [1.807, 2.05) is 0 Å². The number of hydrogen-bond acceptors (Lipinski definition) is 3. The van der Waals surface area contributed by atoms with Crippen LogP contribution in [0.1, 0.15) is 26.4 Å². The molecule has 0 radical (unpaired) electrons. The van der Waals surface area contributed by atoms with Gasteiger partial charge < -0.3 is 10.4 Å². The number of carboxylic acid groups (broad SMARTS) is 1. The quantitative estimate of drug-likeness (QED) is 0.847. The van der Waals surface area contributed by atoms with Gasteiger partial charge in [-0.25, -0.2) is 9.78 Å². The summed E-state index contributed by atoms with van der Waals surface area (Å²) in [4.78, 5) is 26.7. The van der Waals surface area contributed by atoms with Crippen molar-refractivity contribution in [3.05, 3.63) is 63.4 Å². The second kappa shape index (κ2) is 6.56. The van der Waals surface area contributed by atoms with Crippen LogP contribution in [-0.4, -0.2) is 22.0 Å². The number of nitrogens with one attached hydrogen (secondary N) is 1. The van der Waals surface area contributed by atoms with Gasteiger partial charge in [0.1, 0.15) is 10.8 Å². The van der Waals surface area contributed by atoms with Crippen LogP contribution in [0.5, 0.6) is 0 Å². The lowest BCUT2D eigenvalue weighted by molar-refractivity contribution is 0.0696. The van der Waals surface area contributed by atoms with Gasteiger partial charge in [-0.3, -0.25) is 4.79 Å². The van der Waals surface area contributed by atoms with Crippen LogP contribution in [0.15, 0.2) is 36.4 Å². The van der Waals surface area contributed by atoms with E-state index in [4.69, 9.17) is 28.3 Å². The molecule has 0 fully saturated rings. The molecule has 21 heavy (non-hydrogen) atoms. The van der Waals surface area contributed by atoms with Crippen molar-refractivity contribution in [1.29, 1.82) is 0 Å². The Kier molecular flexibility index (Phi) is 4.77. The highest BCUT2D eigenvalue weighted by Crippen LogP contribution is 2.16. The van der Waals surface area contributed by atoms with Crippen LogP contribution >= 0.6 is 23.2 Å². The molecule has 0 aliphatic heterocycles. The van der Waals surface area contributed by atoms with Crippen LogP contribution in [0, 0.1) is 0 Å². The van der Waals surface area contributed by atoms with Crippen molar-refractivity contribution >= 4 is 35.1 Å². The maximum atomic E-state index is 12.0. The lowest BCUT2D eigenvalue weighted by atomic mass is 10.1. The molecule has 0 spiro atoms. The number of halogens is 2. The molecule has 0 saturated carbocycles. The Morgan fingerprint density at radius 1 is 1.19 bits per heavy atom. The molecule has 5 nitrogen and oxygen atoms in total. The summed E-state index contributed by atoms with van der Waals surface area (Å²) in [6.45, 7) is 0.157. The summed E-state index contributed by atoms with van der Waals surface area (Å²) in [5.74, 6) is -1.51. The number of aromatic nitrogens is 1. The Labute approximate surface area is 130 Å². The SMILES string of the molecule is O=C(O)c1cccc(CNC(=O)c2nc(Cl)ccc2Cl)c1. The van der Waals surface area contributed by atoms with Crippen LogP contribution in [0.3, 0.4) is 0 Å². The highest BCUT2D eigenvalue weighted by Gasteiger charge is 2.13. The predicted molar refractivity (Wildman–Crippen MR) is 78.8 cm³/mol. The Morgan fingerprint density at radius 2 is 1.95 bits per heavy atom. The van der Waals surface area contributed by atoms with E-state index in [9.17, 15) is 9.59 Å². The van der Waals surface area contributed by atoms with Crippen molar-refractivity contribution in [3.63, 3.8) is 0 Å². The third-order valence-electron chi connectivity index (χ3n) is 2.65. The first-order valence-corrected chi connectivity index (χ1v) is 6.65. The molecule has 0 saturated heterocycles. The second-order valence-corrected chi connectivity index (χ2v) is 4.95. The maximum Gasteiger partial charge on any atom is 0.335 e. The van der Waals surface area contributed by atoms with Crippen LogP contribution in [0.4, 0.5) is 0 Å². The number of rotatable bonds is 4. The zero-order valence-electron chi connectivity index (χ0n) is 10.6. The number of nitrogens with zero attached hydrogens (tertiary/aromatic N) is 1. The molecule has 0 unspecified atom stereocenters. The zero-order valence-corrected chi connectivity index (χ0v) is 12.1. The van der Waals surface area contributed by atoms with Gasteiger partial charge >= 0.3 is 5.97 Å². The molecular formula is C14H10Cl2N2O3. The Balaban J connectivity index is 2.09. The minimum atomic E-state index is -1.03. The Bertz CT molecular complexity index is 704. The minimum absolute atomic E-state index is 0.0264. The number of aromatic carboxylic acids is 1. The molecule has 1 amide bonds. The predicted octanol–water partition coefficient (Wildman–Crippen LogP) is 3.02. The normalized spacial score (nSPS) is 10.2. The lowest BCUT2D eigenvalue weighted by Crippen LogP contribution is -2.24. The third-order valence-corrected chi connectivity index (χ3v) is 3.17. The summed E-state index contributed by atoms with van der Waals surface area (Å²) >= 11 is 11.6. The van der Waals surface area contributed by atoms with E-state index < -0.39 is 11.9 Å². The summed E-state index contributed by atoms with van der Waals surface area (Å²) in [6.07, 6.45) is 0. The standard InChI is InChI=1S/C14H10Cl2N2O3/c15-10-4-5-11(16)18-12(10)13(19)17-7-8-2-1-3-9(6-8)14(20)21/h1-6H,7H2,(H,17,19)(H,20,21). The Morgan fingerprint density at radius 3 is 2.67 bits per heavy atom. The van der Waals surface area contributed by atoms with Gasteiger partial charge in [-0.1, -0.05) is 35.3 Å². The fourth-order valence-corrected chi connectivity index (χ4v) is 2.00. The van der Waals surface area contributed by atoms with E-state index >= 15 is 0 Å². The average molecular weight is 325 g/mol. The summed E-state index contributed by atoms with van der Waals surface area (Å²) in [6, 6.07) is 9.24. The van der Waals surface area contributed by atoms with Gasteiger partial charge in [0.2, 0.25) is 0 Å². The van der Waals surface area contributed by atoms with E-state index in [-0.39, 0.29) is 28.0 Å². The number of amides is 1. The molecule has 1 aromatic carbocycles. The van der Waals surface area contributed by atoms with Gasteiger partial charge in [0, 0.05) is 6.54 Å². The lowest BCUT2D eigenvalue weighted by Gasteiger charge is -2.07. The Hall–Kier alpha value is -2.11. The first kappa shape index (κ1) is 15.3. The van der Waals surface area contributed by atoms with E-state index in [1.54, 1.807) is 12.1 Å². The molecule has 1 heterocycles. The zero-order chi connectivity index (χ0) is 15.4. The van der Waals surface area contributed by atoms with Gasteiger partial charge in [-0.15, -0.1) is 0 Å². The van der Waals surface area contributed by atoms with Crippen molar-refractivity contribution < 1.29 is 14.7 Å². The highest BCUT2D eigenvalue weighted by molar-refractivity contribution is 6.34. The smallest absolute Gasteiger partial charge is 0.335 e. The molecule has 1 aromatic heterocycles. The fraction of sp³-hybridized carbons (Fsp3) is 0.0714. The van der Waals surface area contributed by atoms with Crippen molar-refractivity contribution in [2.45, 2.75) is 6.54 Å². The number of carbonyl (C=O) groups excluding carboxylic acids is 1. The molecule has 0 bridgehead atoms. The summed E-state index contributed by atoms with van der Waals surface area (Å²) in [7, 11) is 0. The average Bonchev–Trinajstić information content (AvgIpc) is 2.47. The van der Waals surface area contributed by atoms with E-state index in [0.717, 1.165) is 0 Å². The second-order valence-electron chi connectivity index (χ2n) is 4.15. The topological polar surface area (TPSA) is 79.3 Å². The largest absolute Gasteiger partial charge is 0.478 e.